The van der Waals surface area contributed by atoms with E-state index >= 15 is 0 Å². The number of benzene rings is 2. The van der Waals surface area contributed by atoms with Crippen LogP contribution in [0.3, 0.4) is 0 Å². The van der Waals surface area contributed by atoms with Crippen LogP contribution >= 0.6 is 0 Å². The molecule has 0 saturated carbocycles. The quantitative estimate of drug-likeness (QED) is 0.722. The average Bonchev–Trinajstić information content (AvgIpc) is 2.52. The van der Waals surface area contributed by atoms with Crippen molar-refractivity contribution in [2.75, 3.05) is 6.61 Å². The number of phenolic OH excluding ortho intramolecular Hbond substituents is 1. The molecule has 21 heavy (non-hydrogen) atoms. The van der Waals surface area contributed by atoms with E-state index in [0.29, 0.717) is 12.4 Å². The number of aromatic hydroxyl groups is 1. The first kappa shape index (κ1) is 15.2. The van der Waals surface area contributed by atoms with Gasteiger partial charge in [-0.1, -0.05) is 56.7 Å². The molecular weight excluding hydrogens is 260 g/mol. The molecule has 110 valence electrons. The fourth-order valence-electron chi connectivity index (χ4n) is 2.19. The maximum Gasteiger partial charge on any atom is 0.127 e. The number of hydrogen-bond donors (Lipinski definition) is 1. The molecule has 0 aromatic heterocycles. The molecule has 0 saturated heterocycles. The van der Waals surface area contributed by atoms with Crippen molar-refractivity contribution in [2.45, 2.75) is 26.2 Å². The Bertz CT molecular complexity index is 588. The van der Waals surface area contributed by atoms with Gasteiger partial charge in [-0.2, -0.15) is 0 Å². The van der Waals surface area contributed by atoms with Gasteiger partial charge in [-0.15, -0.1) is 0 Å². The highest BCUT2D eigenvalue weighted by Crippen LogP contribution is 2.32. The Morgan fingerprint density at radius 1 is 1.10 bits per heavy atom. The second kappa shape index (κ2) is 7.53. The van der Waals surface area contributed by atoms with Gasteiger partial charge >= 0.3 is 0 Å². The second-order valence-electron chi connectivity index (χ2n) is 5.08. The molecule has 2 rings (SSSR count). The molecule has 0 aliphatic heterocycles. The van der Waals surface area contributed by atoms with E-state index in [9.17, 15) is 5.11 Å². The van der Waals surface area contributed by atoms with Crippen molar-refractivity contribution >= 4 is 5.57 Å². The first-order valence-electron chi connectivity index (χ1n) is 7.43. The lowest BCUT2D eigenvalue weighted by atomic mass is 9.99. The van der Waals surface area contributed by atoms with E-state index in [1.807, 2.05) is 42.5 Å². The molecule has 0 radical (unpaired) electrons. The van der Waals surface area contributed by atoms with Crippen molar-refractivity contribution in [3.05, 3.63) is 66.2 Å². The van der Waals surface area contributed by atoms with Crippen LogP contribution in [0.2, 0.25) is 0 Å². The third kappa shape index (κ3) is 4.12. The highest BCUT2D eigenvalue weighted by Gasteiger charge is 2.08. The van der Waals surface area contributed by atoms with Crippen LogP contribution in [0.5, 0.6) is 11.5 Å². The van der Waals surface area contributed by atoms with Crippen LogP contribution in [-0.4, -0.2) is 11.7 Å². The summed E-state index contributed by atoms with van der Waals surface area (Å²) < 4.78 is 5.64. The van der Waals surface area contributed by atoms with Crippen molar-refractivity contribution in [3.63, 3.8) is 0 Å². The molecule has 1 N–H and O–H groups in total. The van der Waals surface area contributed by atoms with Crippen molar-refractivity contribution < 1.29 is 9.84 Å². The smallest absolute Gasteiger partial charge is 0.127 e. The predicted molar refractivity (Wildman–Crippen MR) is 87.7 cm³/mol. The van der Waals surface area contributed by atoms with Crippen LogP contribution < -0.4 is 4.74 Å². The molecule has 2 heteroatoms. The molecule has 0 fully saturated rings. The van der Waals surface area contributed by atoms with E-state index in [1.165, 1.54) is 6.42 Å². The summed E-state index contributed by atoms with van der Waals surface area (Å²) in [6.07, 6.45) is 3.37. The van der Waals surface area contributed by atoms with Crippen LogP contribution in [0.25, 0.3) is 5.57 Å². The van der Waals surface area contributed by atoms with Gasteiger partial charge in [0.1, 0.15) is 11.5 Å². The summed E-state index contributed by atoms with van der Waals surface area (Å²) in [7, 11) is 0. The van der Waals surface area contributed by atoms with Crippen LogP contribution in [0.1, 0.15) is 37.3 Å². The zero-order chi connectivity index (χ0) is 15.1. The average molecular weight is 282 g/mol. The van der Waals surface area contributed by atoms with Crippen molar-refractivity contribution in [2.24, 2.45) is 0 Å². The van der Waals surface area contributed by atoms with E-state index in [2.05, 4.69) is 13.5 Å². The predicted octanol–water partition coefficient (Wildman–Crippen LogP) is 5.02. The Hall–Kier alpha value is -2.22. The minimum Gasteiger partial charge on any atom is -0.507 e. The summed E-state index contributed by atoms with van der Waals surface area (Å²) in [6.45, 7) is 6.92. The van der Waals surface area contributed by atoms with Gasteiger partial charge in [-0.25, -0.2) is 0 Å². The van der Waals surface area contributed by atoms with Crippen molar-refractivity contribution in [1.82, 2.24) is 0 Å². The van der Waals surface area contributed by atoms with E-state index < -0.39 is 0 Å². The largest absolute Gasteiger partial charge is 0.507 e. The minimum atomic E-state index is 0.205. The van der Waals surface area contributed by atoms with Gasteiger partial charge in [0.05, 0.1) is 6.61 Å². The fraction of sp³-hybridized carbons (Fsp3) is 0.263. The lowest BCUT2D eigenvalue weighted by Crippen LogP contribution is -1.97. The minimum absolute atomic E-state index is 0.205. The maximum atomic E-state index is 10.2. The molecule has 0 atom stereocenters. The Balaban J connectivity index is 2.07. The Kier molecular flexibility index (Phi) is 5.44. The van der Waals surface area contributed by atoms with E-state index in [0.717, 1.165) is 29.5 Å². The molecule has 0 aliphatic rings. The lowest BCUT2D eigenvalue weighted by molar-refractivity contribution is 0.304. The van der Waals surface area contributed by atoms with Crippen LogP contribution in [-0.2, 0) is 0 Å². The summed E-state index contributed by atoms with van der Waals surface area (Å²) >= 11 is 0. The third-order valence-electron chi connectivity index (χ3n) is 3.43. The molecule has 0 amide bonds. The molecule has 0 heterocycles. The van der Waals surface area contributed by atoms with Crippen LogP contribution in [0, 0.1) is 0 Å². The van der Waals surface area contributed by atoms with Crippen LogP contribution in [0.4, 0.5) is 0 Å². The van der Waals surface area contributed by atoms with Crippen molar-refractivity contribution in [3.8, 4) is 11.5 Å². The number of phenols is 1. The molecule has 0 spiro atoms. The standard InChI is InChI=1S/C19H22O2/c1-3-4-8-13-21-17-11-12-18(19(20)14-17)15(2)16-9-6-5-7-10-16/h5-7,9-12,14,20H,2-4,8,13H2,1H3. The summed E-state index contributed by atoms with van der Waals surface area (Å²) in [5, 5.41) is 10.2. The van der Waals surface area contributed by atoms with Gasteiger partial charge < -0.3 is 9.84 Å². The first-order chi connectivity index (χ1) is 10.2. The van der Waals surface area contributed by atoms with Crippen LogP contribution in [0.15, 0.2) is 55.1 Å². The highest BCUT2D eigenvalue weighted by atomic mass is 16.5. The molecule has 0 aliphatic carbocycles. The van der Waals surface area contributed by atoms with Gasteiger partial charge in [-0.3, -0.25) is 0 Å². The van der Waals surface area contributed by atoms with E-state index in [-0.39, 0.29) is 5.75 Å². The van der Waals surface area contributed by atoms with Gasteiger partial charge in [0.25, 0.3) is 0 Å². The third-order valence-corrected chi connectivity index (χ3v) is 3.43. The molecule has 2 nitrogen and oxygen atoms in total. The molecule has 0 bridgehead atoms. The Morgan fingerprint density at radius 2 is 1.86 bits per heavy atom. The first-order valence-corrected chi connectivity index (χ1v) is 7.43. The summed E-state index contributed by atoms with van der Waals surface area (Å²) in [4.78, 5) is 0. The maximum absolute atomic E-state index is 10.2. The molecule has 2 aromatic carbocycles. The van der Waals surface area contributed by atoms with E-state index in [4.69, 9.17) is 4.74 Å². The monoisotopic (exact) mass is 282 g/mol. The second-order valence-corrected chi connectivity index (χ2v) is 5.08. The fourth-order valence-corrected chi connectivity index (χ4v) is 2.19. The summed E-state index contributed by atoms with van der Waals surface area (Å²) in [5.74, 6) is 0.907. The number of hydrogen-bond acceptors (Lipinski definition) is 2. The molecule has 2 aromatic rings. The van der Waals surface area contributed by atoms with Crippen molar-refractivity contribution in [1.29, 1.82) is 0 Å². The number of ether oxygens (including phenoxy) is 1. The SMILES string of the molecule is C=C(c1ccccc1)c1ccc(OCCCCC)cc1O. The van der Waals surface area contributed by atoms with E-state index in [1.54, 1.807) is 6.07 Å². The highest BCUT2D eigenvalue weighted by molar-refractivity contribution is 5.81. The molecular formula is C19H22O2. The summed E-state index contributed by atoms with van der Waals surface area (Å²) in [6, 6.07) is 15.3. The topological polar surface area (TPSA) is 29.5 Å². The zero-order valence-corrected chi connectivity index (χ0v) is 12.5. The normalized spacial score (nSPS) is 10.3. The van der Waals surface area contributed by atoms with Gasteiger partial charge in [0.15, 0.2) is 0 Å². The van der Waals surface area contributed by atoms with Gasteiger partial charge in [0, 0.05) is 11.6 Å². The molecule has 0 unspecified atom stereocenters. The van der Waals surface area contributed by atoms with Gasteiger partial charge in [0.2, 0.25) is 0 Å². The number of unbranched alkanes of at least 4 members (excludes halogenated alkanes) is 2. The Morgan fingerprint density at radius 3 is 2.52 bits per heavy atom. The van der Waals surface area contributed by atoms with Gasteiger partial charge in [-0.05, 0) is 29.7 Å². The number of rotatable bonds is 7. The Labute approximate surface area is 126 Å². The summed E-state index contributed by atoms with van der Waals surface area (Å²) in [5.41, 5.74) is 2.55. The zero-order valence-electron chi connectivity index (χ0n) is 12.5. The lowest BCUT2D eigenvalue weighted by Gasteiger charge is -2.11.